The van der Waals surface area contributed by atoms with Crippen LogP contribution in [0, 0.1) is 0 Å². The van der Waals surface area contributed by atoms with Crippen LogP contribution in [0.4, 0.5) is 4.79 Å². The minimum absolute atomic E-state index is 0.0268. The van der Waals surface area contributed by atoms with Gasteiger partial charge in [-0.25, -0.2) is 0 Å². The largest absolute Gasteiger partial charge is 0.288 e. The van der Waals surface area contributed by atoms with Crippen LogP contribution in [0.2, 0.25) is 0 Å². The smallest absolute Gasteiger partial charge is 0.273 e. The molecule has 1 aliphatic heterocycles. The van der Waals surface area contributed by atoms with Gasteiger partial charge in [-0.2, -0.15) is 0 Å². The number of hydrogen-bond acceptors (Lipinski definition) is 3. The second-order valence-electron chi connectivity index (χ2n) is 2.81. The molecular weight excluding hydrogens is 174 g/mol. The first-order chi connectivity index (χ1) is 5.75. The molecule has 1 fully saturated rings. The molecule has 2 amide bonds. The second kappa shape index (κ2) is 4.50. The number of hydrogen-bond donors (Lipinski definition) is 0. The summed E-state index contributed by atoms with van der Waals surface area (Å²) in [7, 11) is 0. The number of amides is 2. The molecule has 0 saturated carbocycles. The summed E-state index contributed by atoms with van der Waals surface area (Å²) in [5.41, 5.74) is 0. The van der Waals surface area contributed by atoms with Gasteiger partial charge in [-0.3, -0.25) is 14.5 Å². The third-order valence-corrected chi connectivity index (χ3v) is 2.68. The van der Waals surface area contributed by atoms with E-state index in [4.69, 9.17) is 0 Å². The predicted octanol–water partition coefficient (Wildman–Crippen LogP) is 1.87. The summed E-state index contributed by atoms with van der Waals surface area (Å²) in [5.74, 6) is 0.311. The number of imide groups is 1. The minimum Gasteiger partial charge on any atom is -0.273 e. The number of carbonyl (C=O) groups is 2. The molecule has 1 rings (SSSR count). The monoisotopic (exact) mass is 187 g/mol. The van der Waals surface area contributed by atoms with E-state index in [-0.39, 0.29) is 11.1 Å². The molecule has 3 nitrogen and oxygen atoms in total. The van der Waals surface area contributed by atoms with Crippen molar-refractivity contribution in [3.8, 4) is 0 Å². The molecule has 0 aromatic rings. The molecule has 1 aliphatic rings. The first-order valence-electron chi connectivity index (χ1n) is 4.23. The van der Waals surface area contributed by atoms with Crippen molar-refractivity contribution in [2.24, 2.45) is 0 Å². The lowest BCUT2D eigenvalue weighted by Gasteiger charge is -2.11. The van der Waals surface area contributed by atoms with Crippen LogP contribution in [0.1, 0.15) is 26.2 Å². The molecule has 0 N–H and O–H groups in total. The van der Waals surface area contributed by atoms with Gasteiger partial charge in [-0.05, 0) is 6.42 Å². The van der Waals surface area contributed by atoms with E-state index in [1.54, 1.807) is 0 Å². The van der Waals surface area contributed by atoms with Crippen LogP contribution in [0.15, 0.2) is 0 Å². The van der Waals surface area contributed by atoms with Crippen LogP contribution in [0.3, 0.4) is 0 Å². The molecule has 0 bridgehead atoms. The molecule has 12 heavy (non-hydrogen) atoms. The molecule has 0 unspecified atom stereocenters. The van der Waals surface area contributed by atoms with Gasteiger partial charge in [0, 0.05) is 6.54 Å². The van der Waals surface area contributed by atoms with E-state index in [1.165, 1.54) is 4.90 Å². The molecule has 0 aromatic heterocycles. The van der Waals surface area contributed by atoms with Crippen molar-refractivity contribution in [2.45, 2.75) is 26.2 Å². The number of thioether (sulfide) groups is 1. The summed E-state index contributed by atoms with van der Waals surface area (Å²) in [6, 6.07) is 0. The maximum Gasteiger partial charge on any atom is 0.288 e. The normalized spacial score (nSPS) is 17.6. The number of carbonyl (C=O) groups excluding carboxylic acids is 2. The first-order valence-corrected chi connectivity index (χ1v) is 5.21. The lowest BCUT2D eigenvalue weighted by Crippen LogP contribution is -2.29. The predicted molar refractivity (Wildman–Crippen MR) is 49.1 cm³/mol. The van der Waals surface area contributed by atoms with Gasteiger partial charge in [0.15, 0.2) is 0 Å². The van der Waals surface area contributed by atoms with Crippen molar-refractivity contribution in [1.82, 2.24) is 4.90 Å². The zero-order valence-electron chi connectivity index (χ0n) is 7.21. The molecule has 1 heterocycles. The van der Waals surface area contributed by atoms with E-state index in [2.05, 4.69) is 6.92 Å². The molecule has 4 heteroatoms. The minimum atomic E-state index is -0.0731. The Morgan fingerprint density at radius 3 is 2.67 bits per heavy atom. The van der Waals surface area contributed by atoms with Gasteiger partial charge in [0.25, 0.3) is 5.24 Å². The Kier molecular flexibility index (Phi) is 3.59. The van der Waals surface area contributed by atoms with Crippen LogP contribution in [0.5, 0.6) is 0 Å². The Balaban J connectivity index is 2.30. The summed E-state index contributed by atoms with van der Waals surface area (Å²) >= 11 is 1.11. The lowest BCUT2D eigenvalue weighted by atomic mass is 10.2. The Bertz CT molecular complexity index is 177. The van der Waals surface area contributed by atoms with Gasteiger partial charge in [0.1, 0.15) is 0 Å². The number of unbranched alkanes of at least 4 members (excludes halogenated alkanes) is 2. The maximum absolute atomic E-state index is 11.1. The summed E-state index contributed by atoms with van der Waals surface area (Å²) in [4.78, 5) is 23.5. The van der Waals surface area contributed by atoms with Crippen LogP contribution >= 0.6 is 11.8 Å². The van der Waals surface area contributed by atoms with E-state index < -0.39 is 0 Å². The molecule has 0 aromatic carbocycles. The molecule has 0 radical (unpaired) electrons. The summed E-state index contributed by atoms with van der Waals surface area (Å²) in [6.45, 7) is 2.71. The van der Waals surface area contributed by atoms with Crippen molar-refractivity contribution in [3.05, 3.63) is 0 Å². The lowest BCUT2D eigenvalue weighted by molar-refractivity contribution is -0.124. The van der Waals surface area contributed by atoms with Crippen LogP contribution in [-0.4, -0.2) is 28.3 Å². The van der Waals surface area contributed by atoms with Crippen LogP contribution < -0.4 is 0 Å². The second-order valence-corrected chi connectivity index (χ2v) is 3.73. The van der Waals surface area contributed by atoms with Crippen LogP contribution in [-0.2, 0) is 4.79 Å². The zero-order chi connectivity index (χ0) is 8.97. The van der Waals surface area contributed by atoms with Crippen molar-refractivity contribution >= 4 is 22.9 Å². The molecule has 0 spiro atoms. The van der Waals surface area contributed by atoms with Crippen LogP contribution in [0.25, 0.3) is 0 Å². The zero-order valence-corrected chi connectivity index (χ0v) is 8.02. The fraction of sp³-hybridized carbons (Fsp3) is 0.750. The molecular formula is C8H13NO2S. The van der Waals surface area contributed by atoms with E-state index in [1.807, 2.05) is 0 Å². The first kappa shape index (κ1) is 9.58. The topological polar surface area (TPSA) is 37.4 Å². The average molecular weight is 187 g/mol. The molecule has 0 atom stereocenters. The number of rotatable bonds is 4. The maximum atomic E-state index is 11.1. The summed E-state index contributed by atoms with van der Waals surface area (Å²) in [5, 5.41) is -0.0731. The van der Waals surface area contributed by atoms with Crippen molar-refractivity contribution < 1.29 is 9.59 Å². The van der Waals surface area contributed by atoms with E-state index in [0.717, 1.165) is 31.0 Å². The fourth-order valence-corrected chi connectivity index (χ4v) is 1.87. The SMILES string of the molecule is CCCCCN1C(=O)CSC1=O. The van der Waals surface area contributed by atoms with Crippen molar-refractivity contribution in [1.29, 1.82) is 0 Å². The Hall–Kier alpha value is -0.510. The van der Waals surface area contributed by atoms with Crippen molar-refractivity contribution in [2.75, 3.05) is 12.3 Å². The molecule has 1 saturated heterocycles. The van der Waals surface area contributed by atoms with Gasteiger partial charge >= 0.3 is 0 Å². The average Bonchev–Trinajstić information content (AvgIpc) is 2.35. The quantitative estimate of drug-likeness (QED) is 0.630. The molecule has 0 aliphatic carbocycles. The Morgan fingerprint density at radius 2 is 2.17 bits per heavy atom. The highest BCUT2D eigenvalue weighted by Crippen LogP contribution is 2.18. The van der Waals surface area contributed by atoms with Crippen molar-refractivity contribution in [3.63, 3.8) is 0 Å². The van der Waals surface area contributed by atoms with Gasteiger partial charge < -0.3 is 0 Å². The highest BCUT2D eigenvalue weighted by Gasteiger charge is 2.28. The fourth-order valence-electron chi connectivity index (χ4n) is 1.12. The molecule has 68 valence electrons. The van der Waals surface area contributed by atoms with E-state index in [9.17, 15) is 9.59 Å². The third-order valence-electron chi connectivity index (χ3n) is 1.83. The Morgan fingerprint density at radius 1 is 1.42 bits per heavy atom. The van der Waals surface area contributed by atoms with Gasteiger partial charge in [-0.1, -0.05) is 31.5 Å². The summed E-state index contributed by atoms with van der Waals surface area (Å²) in [6.07, 6.45) is 3.14. The standard InChI is InChI=1S/C8H13NO2S/c1-2-3-4-5-9-7(10)6-12-8(9)11/h2-6H2,1H3. The van der Waals surface area contributed by atoms with E-state index >= 15 is 0 Å². The van der Waals surface area contributed by atoms with Gasteiger partial charge in [0.05, 0.1) is 5.75 Å². The van der Waals surface area contributed by atoms with Gasteiger partial charge in [0.2, 0.25) is 5.91 Å². The third kappa shape index (κ3) is 2.24. The highest BCUT2D eigenvalue weighted by atomic mass is 32.2. The van der Waals surface area contributed by atoms with E-state index in [0.29, 0.717) is 12.3 Å². The summed E-state index contributed by atoms with van der Waals surface area (Å²) < 4.78 is 0. The highest BCUT2D eigenvalue weighted by molar-refractivity contribution is 8.14. The van der Waals surface area contributed by atoms with Gasteiger partial charge in [-0.15, -0.1) is 0 Å². The number of nitrogens with zero attached hydrogens (tertiary/aromatic N) is 1. The Labute approximate surface area is 76.5 Å².